The number of anilines is 3. The molecule has 3 N–H and O–H groups in total. The van der Waals surface area contributed by atoms with Gasteiger partial charge < -0.3 is 25.2 Å². The van der Waals surface area contributed by atoms with Gasteiger partial charge in [0, 0.05) is 31.8 Å². The van der Waals surface area contributed by atoms with Crippen LogP contribution in [0.3, 0.4) is 0 Å². The summed E-state index contributed by atoms with van der Waals surface area (Å²) >= 11 is 3.51. The molecule has 5 rings (SSSR count). The fourth-order valence-electron chi connectivity index (χ4n) is 4.29. The van der Waals surface area contributed by atoms with Crippen LogP contribution in [0.25, 0.3) is 11.0 Å². The molecule has 1 aliphatic rings. The normalized spacial score (nSPS) is 15.5. The van der Waals surface area contributed by atoms with Crippen molar-refractivity contribution in [1.82, 2.24) is 24.8 Å². The van der Waals surface area contributed by atoms with E-state index in [4.69, 9.17) is 9.72 Å². The van der Waals surface area contributed by atoms with Gasteiger partial charge in [-0.25, -0.2) is 28.5 Å². The van der Waals surface area contributed by atoms with E-state index in [-0.39, 0.29) is 42.7 Å². The zero-order valence-electron chi connectivity index (χ0n) is 20.5. The van der Waals surface area contributed by atoms with Gasteiger partial charge in [0.25, 0.3) is 0 Å². The summed E-state index contributed by atoms with van der Waals surface area (Å²) in [6.07, 6.45) is 2.59. The number of ether oxygens (including phenoxy) is 1. The molecular formula is C25H22BrF2N7O4. The van der Waals surface area contributed by atoms with E-state index in [0.29, 0.717) is 33.4 Å². The fraction of sp³-hybridized carbons (Fsp3) is 0.240. The highest BCUT2D eigenvalue weighted by molar-refractivity contribution is 9.10. The summed E-state index contributed by atoms with van der Waals surface area (Å²) in [5.74, 6) is -0.129. The monoisotopic (exact) mass is 601 g/mol. The Morgan fingerprint density at radius 1 is 1.21 bits per heavy atom. The smallest absolute Gasteiger partial charge is 0.407 e. The average Bonchev–Trinajstić information content (AvgIpc) is 2.90. The number of aliphatic hydroxyl groups excluding tert-OH is 1. The zero-order valence-corrected chi connectivity index (χ0v) is 22.1. The number of halogens is 3. The SMILES string of the molecule is Cc1cc(Nc2ncnc3cc(Br)c(N4CCN(C(=O)O)C(CO)C4)nc23)c(F)cc1Oc1cncc(F)c1. The second kappa shape index (κ2) is 10.9. The van der Waals surface area contributed by atoms with Crippen molar-refractivity contribution in [2.24, 2.45) is 0 Å². The number of amides is 1. The molecule has 0 spiro atoms. The van der Waals surface area contributed by atoms with E-state index in [9.17, 15) is 19.4 Å². The van der Waals surface area contributed by atoms with E-state index in [1.54, 1.807) is 13.0 Å². The Morgan fingerprint density at radius 3 is 2.77 bits per heavy atom. The van der Waals surface area contributed by atoms with Crippen molar-refractivity contribution in [2.45, 2.75) is 13.0 Å². The molecule has 0 bridgehead atoms. The lowest BCUT2D eigenvalue weighted by molar-refractivity contribution is 0.0909. The number of aromatic nitrogens is 4. The van der Waals surface area contributed by atoms with E-state index in [1.165, 1.54) is 29.6 Å². The highest BCUT2D eigenvalue weighted by atomic mass is 79.9. The Hall–Kier alpha value is -4.17. The maximum atomic E-state index is 15.1. The Bertz CT molecular complexity index is 1560. The summed E-state index contributed by atoms with van der Waals surface area (Å²) in [5, 5.41) is 22.1. The van der Waals surface area contributed by atoms with Gasteiger partial charge in [0.1, 0.15) is 40.8 Å². The minimum absolute atomic E-state index is 0.110. The summed E-state index contributed by atoms with van der Waals surface area (Å²) in [5.41, 5.74) is 1.53. The number of nitrogens with zero attached hydrogens (tertiary/aromatic N) is 6. The average molecular weight is 602 g/mol. The van der Waals surface area contributed by atoms with Crippen molar-refractivity contribution in [3.63, 3.8) is 0 Å². The van der Waals surface area contributed by atoms with Gasteiger partial charge in [-0.05, 0) is 40.5 Å². The second-order valence-electron chi connectivity index (χ2n) is 8.81. The first kappa shape index (κ1) is 26.4. The van der Waals surface area contributed by atoms with E-state index in [2.05, 4.69) is 36.2 Å². The highest BCUT2D eigenvalue weighted by Gasteiger charge is 2.31. The molecule has 1 fully saturated rings. The van der Waals surface area contributed by atoms with Gasteiger partial charge in [-0.2, -0.15) is 0 Å². The molecule has 11 nitrogen and oxygen atoms in total. The van der Waals surface area contributed by atoms with Crippen molar-refractivity contribution in [3.05, 3.63) is 64.7 Å². The molecular weight excluding hydrogens is 580 g/mol. The predicted octanol–water partition coefficient (Wildman–Crippen LogP) is 4.47. The number of hydrogen-bond donors (Lipinski definition) is 3. The molecule has 0 radical (unpaired) electrons. The van der Waals surface area contributed by atoms with Crippen LogP contribution in [-0.4, -0.2) is 73.4 Å². The number of piperazine rings is 1. The lowest BCUT2D eigenvalue weighted by Gasteiger charge is -2.40. The molecule has 4 aromatic rings. The first-order chi connectivity index (χ1) is 18.7. The number of benzene rings is 1. The number of rotatable bonds is 6. The van der Waals surface area contributed by atoms with E-state index in [1.807, 2.05) is 4.90 Å². The molecule has 3 aromatic heterocycles. The van der Waals surface area contributed by atoms with Gasteiger partial charge in [0.05, 0.1) is 40.7 Å². The summed E-state index contributed by atoms with van der Waals surface area (Å²) in [6, 6.07) is 4.98. The zero-order chi connectivity index (χ0) is 27.7. The number of nitrogens with one attached hydrogen (secondary N) is 1. The van der Waals surface area contributed by atoms with Gasteiger partial charge in [0.2, 0.25) is 0 Å². The molecule has 1 aromatic carbocycles. The number of carboxylic acid groups (broad SMARTS) is 1. The molecule has 0 aliphatic carbocycles. The van der Waals surface area contributed by atoms with Crippen molar-refractivity contribution < 1.29 is 28.5 Å². The fourth-order valence-corrected chi connectivity index (χ4v) is 4.85. The minimum atomic E-state index is -1.10. The van der Waals surface area contributed by atoms with Gasteiger partial charge in [-0.3, -0.25) is 9.88 Å². The molecule has 1 unspecified atom stereocenters. The number of fused-ring (bicyclic) bond motifs is 1. The summed E-state index contributed by atoms with van der Waals surface area (Å²) in [6.45, 7) is 2.15. The summed E-state index contributed by atoms with van der Waals surface area (Å²) in [4.78, 5) is 31.5. The third-order valence-electron chi connectivity index (χ3n) is 6.21. The first-order valence-electron chi connectivity index (χ1n) is 11.8. The lowest BCUT2D eigenvalue weighted by atomic mass is 10.1. The predicted molar refractivity (Wildman–Crippen MR) is 142 cm³/mol. The molecule has 14 heteroatoms. The van der Waals surface area contributed by atoms with Crippen molar-refractivity contribution in [1.29, 1.82) is 0 Å². The molecule has 1 aliphatic heterocycles. The van der Waals surface area contributed by atoms with Gasteiger partial charge in [-0.1, -0.05) is 0 Å². The van der Waals surface area contributed by atoms with Crippen LogP contribution >= 0.6 is 15.9 Å². The summed E-state index contributed by atoms with van der Waals surface area (Å²) < 4.78 is 34.8. The molecule has 202 valence electrons. The van der Waals surface area contributed by atoms with Crippen LogP contribution in [0.1, 0.15) is 5.56 Å². The number of pyridine rings is 2. The Labute approximate surface area is 229 Å². The maximum absolute atomic E-state index is 15.1. The minimum Gasteiger partial charge on any atom is -0.465 e. The lowest BCUT2D eigenvalue weighted by Crippen LogP contribution is -2.56. The third kappa shape index (κ3) is 5.52. The Kier molecular flexibility index (Phi) is 7.39. The number of aliphatic hydroxyl groups is 1. The number of aryl methyl sites for hydroxylation is 1. The molecule has 39 heavy (non-hydrogen) atoms. The molecule has 4 heterocycles. The Morgan fingerprint density at radius 2 is 2.03 bits per heavy atom. The molecule has 1 atom stereocenters. The number of carbonyl (C=O) groups is 1. The maximum Gasteiger partial charge on any atom is 0.407 e. The van der Waals surface area contributed by atoms with Crippen molar-refractivity contribution >= 4 is 50.4 Å². The van der Waals surface area contributed by atoms with Gasteiger partial charge in [0.15, 0.2) is 5.82 Å². The van der Waals surface area contributed by atoms with Gasteiger partial charge in [-0.15, -0.1) is 0 Å². The van der Waals surface area contributed by atoms with E-state index < -0.39 is 23.8 Å². The van der Waals surface area contributed by atoms with E-state index in [0.717, 1.165) is 12.3 Å². The largest absolute Gasteiger partial charge is 0.465 e. The van der Waals surface area contributed by atoms with E-state index >= 15 is 4.39 Å². The number of hydrogen-bond acceptors (Lipinski definition) is 9. The second-order valence-corrected chi connectivity index (χ2v) is 9.66. The first-order valence-corrected chi connectivity index (χ1v) is 12.5. The van der Waals surface area contributed by atoms with Crippen LogP contribution in [0, 0.1) is 18.6 Å². The summed E-state index contributed by atoms with van der Waals surface area (Å²) in [7, 11) is 0. The van der Waals surface area contributed by atoms with Crippen LogP contribution in [0.4, 0.5) is 30.9 Å². The van der Waals surface area contributed by atoms with Gasteiger partial charge >= 0.3 is 6.09 Å². The highest BCUT2D eigenvalue weighted by Crippen LogP contribution is 2.34. The van der Waals surface area contributed by atoms with Crippen molar-refractivity contribution in [3.8, 4) is 11.5 Å². The molecule has 1 saturated heterocycles. The van der Waals surface area contributed by atoms with Crippen LogP contribution in [0.2, 0.25) is 0 Å². The van der Waals surface area contributed by atoms with Crippen LogP contribution < -0.4 is 15.0 Å². The topological polar surface area (TPSA) is 137 Å². The quantitative estimate of drug-likeness (QED) is 0.290. The van der Waals surface area contributed by atoms with Crippen LogP contribution in [0.15, 0.2) is 47.5 Å². The van der Waals surface area contributed by atoms with Crippen LogP contribution in [-0.2, 0) is 0 Å². The standard InChI is InChI=1S/C25H22BrF2N7O4/c1-13-4-19(18(28)7-21(13)39-16-5-14(27)8-29-9-16)32-23-22-20(30-12-31-23)6-17(26)24(33-22)34-2-3-35(25(37)38)15(10-34)11-36/h4-9,12,15,36H,2-3,10-11H2,1H3,(H,37,38)(H,30,31,32). The van der Waals surface area contributed by atoms with Crippen LogP contribution in [0.5, 0.6) is 11.5 Å². The third-order valence-corrected chi connectivity index (χ3v) is 6.79. The molecule has 1 amide bonds. The Balaban J connectivity index is 1.44. The van der Waals surface area contributed by atoms with Crippen molar-refractivity contribution in [2.75, 3.05) is 36.5 Å². The molecule has 0 saturated carbocycles.